The second-order valence-corrected chi connectivity index (χ2v) is 11.4. The van der Waals surface area contributed by atoms with Crippen LogP contribution in [-0.2, 0) is 16.6 Å². The zero-order valence-electron chi connectivity index (χ0n) is 19.8. The molecule has 0 aliphatic carbocycles. The Morgan fingerprint density at radius 1 is 1.00 bits per heavy atom. The highest BCUT2D eigenvalue weighted by Crippen LogP contribution is 2.36. The van der Waals surface area contributed by atoms with Crippen LogP contribution in [0.1, 0.15) is 21.5 Å². The number of fused-ring (bicyclic) bond motifs is 1. The van der Waals surface area contributed by atoms with Gasteiger partial charge in [0.1, 0.15) is 0 Å². The van der Waals surface area contributed by atoms with E-state index in [0.717, 1.165) is 20.5 Å². The molecule has 0 atom stereocenters. The number of hydrogen-bond donors (Lipinski definition) is 2. The third kappa shape index (κ3) is 4.84. The fourth-order valence-electron chi connectivity index (χ4n) is 4.22. The first-order chi connectivity index (χ1) is 17.9. The predicted molar refractivity (Wildman–Crippen MR) is 145 cm³/mol. The van der Waals surface area contributed by atoms with Crippen molar-refractivity contribution < 1.29 is 18.4 Å². The van der Waals surface area contributed by atoms with Gasteiger partial charge in [0.25, 0.3) is 15.9 Å². The van der Waals surface area contributed by atoms with Gasteiger partial charge in [0.15, 0.2) is 0 Å². The van der Waals surface area contributed by atoms with E-state index in [1.807, 2.05) is 18.2 Å². The first kappa shape index (κ1) is 24.6. The van der Waals surface area contributed by atoms with Crippen LogP contribution in [0.2, 0.25) is 0 Å². The van der Waals surface area contributed by atoms with Crippen molar-refractivity contribution in [2.45, 2.75) is 18.4 Å². The fourth-order valence-corrected chi connectivity index (χ4v) is 6.82. The van der Waals surface area contributed by atoms with Crippen LogP contribution in [0.3, 0.4) is 0 Å². The third-order valence-corrected chi connectivity index (χ3v) is 8.96. The summed E-state index contributed by atoms with van der Waals surface area (Å²) in [5.74, 6) is -0.801. The van der Waals surface area contributed by atoms with Crippen LogP contribution in [0.5, 0.6) is 0 Å². The highest BCUT2D eigenvalue weighted by atomic mass is 32.2. The third-order valence-electron chi connectivity index (χ3n) is 6.03. The number of carbonyl (C=O) groups excluding carboxylic acids is 1. The lowest BCUT2D eigenvalue weighted by molar-refractivity contribution is 0.0707. The quantitative estimate of drug-likeness (QED) is 0.205. The summed E-state index contributed by atoms with van der Waals surface area (Å²) in [6.45, 7) is 1.67. The Morgan fingerprint density at radius 3 is 2.49 bits per heavy atom. The molecule has 9 heteroatoms. The van der Waals surface area contributed by atoms with Crippen molar-refractivity contribution in [1.29, 1.82) is 0 Å². The first-order valence-electron chi connectivity index (χ1n) is 11.4. The molecule has 1 amide bonds. The minimum atomic E-state index is -4.12. The molecule has 2 aromatic heterocycles. The first-order valence-corrected chi connectivity index (χ1v) is 13.7. The Hall–Kier alpha value is -4.05. The predicted octanol–water partition coefficient (Wildman–Crippen LogP) is 5.79. The number of sulfonamides is 1. The van der Waals surface area contributed by atoms with E-state index >= 15 is 0 Å². The molecule has 5 rings (SSSR count). The number of nitrogens with one attached hydrogen (secondary N) is 1. The molecule has 0 saturated heterocycles. The lowest BCUT2D eigenvalue weighted by Crippen LogP contribution is -2.34. The van der Waals surface area contributed by atoms with Gasteiger partial charge in [-0.25, -0.2) is 13.9 Å². The molecule has 0 spiro atoms. The smallest absolute Gasteiger partial charge is 0.276 e. The minimum absolute atomic E-state index is 0.0388. The molecule has 0 aliphatic heterocycles. The zero-order chi connectivity index (χ0) is 26.0. The number of aromatic nitrogens is 1. The number of benzene rings is 3. The molecule has 7 nitrogen and oxygen atoms in total. The maximum atomic E-state index is 14.1. The largest absolute Gasteiger partial charge is 0.288 e. The Bertz CT molecular complexity index is 1650. The number of pyridine rings is 1. The van der Waals surface area contributed by atoms with Gasteiger partial charge in [-0.05, 0) is 65.4 Å². The maximum absolute atomic E-state index is 14.1. The monoisotopic (exact) mass is 529 g/mol. The van der Waals surface area contributed by atoms with E-state index in [2.05, 4.69) is 17.1 Å². The molecular weight excluding hydrogens is 506 g/mol. The average Bonchev–Trinajstić information content (AvgIpc) is 3.36. The van der Waals surface area contributed by atoms with Crippen LogP contribution in [0.15, 0.2) is 102 Å². The van der Waals surface area contributed by atoms with E-state index in [4.69, 9.17) is 0 Å². The summed E-state index contributed by atoms with van der Waals surface area (Å²) in [5.41, 5.74) is 3.97. The van der Waals surface area contributed by atoms with Crippen molar-refractivity contribution in [2.75, 3.05) is 4.31 Å². The van der Waals surface area contributed by atoms with E-state index in [-0.39, 0.29) is 22.7 Å². The Kier molecular flexibility index (Phi) is 6.75. The number of nitrogens with zero attached hydrogens (tertiary/aromatic N) is 2. The van der Waals surface area contributed by atoms with Gasteiger partial charge in [-0.1, -0.05) is 48.5 Å². The molecule has 2 N–H and O–H groups in total. The number of hydroxylamine groups is 1. The lowest BCUT2D eigenvalue weighted by Gasteiger charge is -2.28. The van der Waals surface area contributed by atoms with E-state index in [9.17, 15) is 18.4 Å². The van der Waals surface area contributed by atoms with Gasteiger partial charge >= 0.3 is 0 Å². The van der Waals surface area contributed by atoms with Crippen LogP contribution in [-0.4, -0.2) is 24.5 Å². The number of anilines is 1. The van der Waals surface area contributed by atoms with Crippen LogP contribution < -0.4 is 9.79 Å². The SMILES string of the molecule is Cc1cccc(C(=O)NO)c1N(Cc1cccnc1)S(=O)(=O)c1ccc(-c2cc3ccccc3s2)cc1. The number of thiophene rings is 1. The number of hydrogen-bond acceptors (Lipinski definition) is 6. The number of aryl methyl sites for hydroxylation is 1. The average molecular weight is 530 g/mol. The van der Waals surface area contributed by atoms with E-state index < -0.39 is 15.9 Å². The van der Waals surface area contributed by atoms with Gasteiger partial charge in [-0.15, -0.1) is 11.3 Å². The number of rotatable bonds is 7. The summed E-state index contributed by atoms with van der Waals surface area (Å²) in [7, 11) is -4.12. The van der Waals surface area contributed by atoms with Gasteiger partial charge in [0.2, 0.25) is 0 Å². The van der Waals surface area contributed by atoms with E-state index in [1.54, 1.807) is 84.7 Å². The molecule has 0 saturated carbocycles. The van der Waals surface area contributed by atoms with Crippen LogP contribution in [0.25, 0.3) is 20.5 Å². The molecule has 0 aliphatic rings. The molecule has 5 aromatic rings. The van der Waals surface area contributed by atoms with Gasteiger partial charge in [0.05, 0.1) is 22.7 Å². The molecule has 0 bridgehead atoms. The van der Waals surface area contributed by atoms with Crippen LogP contribution in [0.4, 0.5) is 5.69 Å². The summed E-state index contributed by atoms with van der Waals surface area (Å²) in [4.78, 5) is 17.7. The zero-order valence-corrected chi connectivity index (χ0v) is 21.5. The molecule has 2 heterocycles. The number of para-hydroxylation sites is 1. The molecule has 37 heavy (non-hydrogen) atoms. The summed E-state index contributed by atoms with van der Waals surface area (Å²) in [6, 6.07) is 25.2. The van der Waals surface area contributed by atoms with Gasteiger partial charge in [-0.3, -0.25) is 19.3 Å². The summed E-state index contributed by atoms with van der Waals surface area (Å²) < 4.78 is 30.5. The van der Waals surface area contributed by atoms with E-state index in [0.29, 0.717) is 11.1 Å². The Balaban J connectivity index is 1.59. The maximum Gasteiger partial charge on any atom is 0.276 e. The van der Waals surface area contributed by atoms with Crippen molar-refractivity contribution >= 4 is 43.0 Å². The van der Waals surface area contributed by atoms with Crippen molar-refractivity contribution in [2.24, 2.45) is 0 Å². The molecule has 3 aromatic carbocycles. The second-order valence-electron chi connectivity index (χ2n) is 8.46. The van der Waals surface area contributed by atoms with Crippen LogP contribution >= 0.6 is 11.3 Å². The molecule has 0 unspecified atom stereocenters. The van der Waals surface area contributed by atoms with Crippen molar-refractivity contribution in [3.8, 4) is 10.4 Å². The minimum Gasteiger partial charge on any atom is -0.288 e. The summed E-state index contributed by atoms with van der Waals surface area (Å²) in [6.07, 6.45) is 3.19. The topological polar surface area (TPSA) is 99.6 Å². The standard InChI is InChI=1S/C28H23N3O4S2/c1-19-6-4-9-24(28(32)30-33)27(19)31(18-20-7-5-15-29-17-20)37(34,35)23-13-11-21(12-14-23)26-16-22-8-2-3-10-25(22)36-26/h2-17,33H,18H2,1H3,(H,30,32). The fraction of sp³-hybridized carbons (Fsp3) is 0.0714. The highest BCUT2D eigenvalue weighted by molar-refractivity contribution is 7.92. The summed E-state index contributed by atoms with van der Waals surface area (Å²) >= 11 is 1.64. The normalized spacial score (nSPS) is 11.4. The molecule has 0 fully saturated rings. The van der Waals surface area contributed by atoms with Crippen molar-refractivity contribution in [1.82, 2.24) is 10.5 Å². The lowest BCUT2D eigenvalue weighted by atomic mass is 10.1. The summed E-state index contributed by atoms with van der Waals surface area (Å²) in [5, 5.41) is 10.4. The van der Waals surface area contributed by atoms with Crippen LogP contribution in [0, 0.1) is 6.92 Å². The molecular formula is C28H23N3O4S2. The number of amides is 1. The Labute approximate surface area is 218 Å². The molecule has 0 radical (unpaired) electrons. The molecule has 186 valence electrons. The van der Waals surface area contributed by atoms with Gasteiger partial charge in [0, 0.05) is 22.0 Å². The van der Waals surface area contributed by atoms with Gasteiger partial charge < -0.3 is 0 Å². The van der Waals surface area contributed by atoms with Crippen molar-refractivity contribution in [3.63, 3.8) is 0 Å². The van der Waals surface area contributed by atoms with Gasteiger partial charge in [-0.2, -0.15) is 0 Å². The highest BCUT2D eigenvalue weighted by Gasteiger charge is 2.30. The second kappa shape index (κ2) is 10.1. The Morgan fingerprint density at radius 2 is 1.78 bits per heavy atom. The van der Waals surface area contributed by atoms with Crippen molar-refractivity contribution in [3.05, 3.63) is 114 Å². The van der Waals surface area contributed by atoms with E-state index in [1.165, 1.54) is 10.4 Å². The number of carbonyl (C=O) groups is 1.